The highest BCUT2D eigenvalue weighted by Crippen LogP contribution is 2.30. The van der Waals surface area contributed by atoms with Crippen molar-refractivity contribution in [2.24, 2.45) is 0 Å². The van der Waals surface area contributed by atoms with Crippen LogP contribution in [0.2, 0.25) is 0 Å². The first-order valence-corrected chi connectivity index (χ1v) is 8.47. The largest absolute Gasteiger partial charge is 0.389 e. The van der Waals surface area contributed by atoms with Gasteiger partial charge in [0.25, 0.3) is 0 Å². The minimum Gasteiger partial charge on any atom is -0.389 e. The molecule has 0 saturated heterocycles. The van der Waals surface area contributed by atoms with Crippen LogP contribution in [-0.2, 0) is 0 Å². The SMILES string of the molecule is C=CCC(O)(CC=C)CCC(Nc1ccccc1)c1ccccc1. The molecule has 0 aliphatic heterocycles. The van der Waals surface area contributed by atoms with Gasteiger partial charge in [0.1, 0.15) is 0 Å². The van der Waals surface area contributed by atoms with E-state index in [1.54, 1.807) is 12.2 Å². The highest BCUT2D eigenvalue weighted by atomic mass is 16.3. The Hall–Kier alpha value is -2.32. The van der Waals surface area contributed by atoms with Crippen molar-refractivity contribution in [1.82, 2.24) is 0 Å². The average Bonchev–Trinajstić information content (AvgIpc) is 2.61. The van der Waals surface area contributed by atoms with E-state index in [1.165, 1.54) is 5.56 Å². The van der Waals surface area contributed by atoms with E-state index in [1.807, 2.05) is 24.3 Å². The molecular weight excluding hydrogens is 294 g/mol. The van der Waals surface area contributed by atoms with Crippen LogP contribution in [0, 0.1) is 0 Å². The molecule has 1 unspecified atom stereocenters. The summed E-state index contributed by atoms with van der Waals surface area (Å²) in [5.74, 6) is 0. The lowest BCUT2D eigenvalue weighted by Gasteiger charge is -2.29. The number of benzene rings is 2. The normalized spacial score (nSPS) is 12.4. The molecule has 2 heteroatoms. The first kappa shape index (κ1) is 18.0. The fraction of sp³-hybridized carbons (Fsp3) is 0.273. The van der Waals surface area contributed by atoms with Gasteiger partial charge >= 0.3 is 0 Å². The van der Waals surface area contributed by atoms with Crippen LogP contribution in [0.1, 0.15) is 37.3 Å². The first-order chi connectivity index (χ1) is 11.7. The van der Waals surface area contributed by atoms with Gasteiger partial charge in [-0.2, -0.15) is 0 Å². The van der Waals surface area contributed by atoms with Crippen LogP contribution < -0.4 is 5.32 Å². The number of nitrogens with one attached hydrogen (secondary N) is 1. The molecule has 2 rings (SSSR count). The van der Waals surface area contributed by atoms with Gasteiger partial charge in [-0.15, -0.1) is 13.2 Å². The zero-order valence-electron chi connectivity index (χ0n) is 14.2. The molecule has 0 aliphatic rings. The zero-order valence-corrected chi connectivity index (χ0v) is 14.2. The van der Waals surface area contributed by atoms with E-state index in [2.05, 4.69) is 54.9 Å². The molecule has 1 atom stereocenters. The van der Waals surface area contributed by atoms with Gasteiger partial charge in [-0.1, -0.05) is 60.7 Å². The van der Waals surface area contributed by atoms with Crippen LogP contribution in [-0.4, -0.2) is 10.7 Å². The Balaban J connectivity index is 2.13. The molecule has 0 aromatic heterocycles. The Kier molecular flexibility index (Phi) is 6.83. The summed E-state index contributed by atoms with van der Waals surface area (Å²) in [6.45, 7) is 7.54. The van der Waals surface area contributed by atoms with Gasteiger partial charge < -0.3 is 10.4 Å². The minimum absolute atomic E-state index is 0.148. The second kappa shape index (κ2) is 9.09. The van der Waals surface area contributed by atoms with Crippen LogP contribution in [0.5, 0.6) is 0 Å². The van der Waals surface area contributed by atoms with Crippen molar-refractivity contribution in [3.8, 4) is 0 Å². The topological polar surface area (TPSA) is 32.3 Å². The molecule has 0 spiro atoms. The van der Waals surface area contributed by atoms with Crippen molar-refractivity contribution >= 4 is 5.69 Å². The Morgan fingerprint density at radius 2 is 1.46 bits per heavy atom. The van der Waals surface area contributed by atoms with E-state index in [0.717, 1.165) is 12.1 Å². The third-order valence-electron chi connectivity index (χ3n) is 4.26. The predicted molar refractivity (Wildman–Crippen MR) is 103 cm³/mol. The lowest BCUT2D eigenvalue weighted by Crippen LogP contribution is -2.28. The van der Waals surface area contributed by atoms with Crippen molar-refractivity contribution in [1.29, 1.82) is 0 Å². The van der Waals surface area contributed by atoms with Gasteiger partial charge in [-0.3, -0.25) is 0 Å². The molecule has 2 N–H and O–H groups in total. The van der Waals surface area contributed by atoms with E-state index in [4.69, 9.17) is 0 Å². The van der Waals surface area contributed by atoms with Crippen LogP contribution in [0.4, 0.5) is 5.69 Å². The number of hydrogen-bond acceptors (Lipinski definition) is 2. The Bertz CT molecular complexity index is 611. The van der Waals surface area contributed by atoms with Gasteiger partial charge in [0, 0.05) is 5.69 Å². The highest BCUT2D eigenvalue weighted by Gasteiger charge is 2.25. The summed E-state index contributed by atoms with van der Waals surface area (Å²) in [7, 11) is 0. The monoisotopic (exact) mass is 321 g/mol. The summed E-state index contributed by atoms with van der Waals surface area (Å²) in [6, 6.07) is 20.7. The van der Waals surface area contributed by atoms with Crippen LogP contribution >= 0.6 is 0 Å². The average molecular weight is 321 g/mol. The molecule has 0 heterocycles. The minimum atomic E-state index is -0.769. The number of aliphatic hydroxyl groups is 1. The number of rotatable bonds is 10. The maximum absolute atomic E-state index is 10.8. The predicted octanol–water partition coefficient (Wildman–Crippen LogP) is 5.50. The molecule has 0 amide bonds. The molecule has 2 nitrogen and oxygen atoms in total. The van der Waals surface area contributed by atoms with Crippen molar-refractivity contribution in [2.75, 3.05) is 5.32 Å². The molecule has 0 fully saturated rings. The maximum atomic E-state index is 10.8. The summed E-state index contributed by atoms with van der Waals surface area (Å²) in [5, 5.41) is 14.4. The van der Waals surface area contributed by atoms with Crippen molar-refractivity contribution < 1.29 is 5.11 Å². The van der Waals surface area contributed by atoms with Gasteiger partial charge in [0.2, 0.25) is 0 Å². The third-order valence-corrected chi connectivity index (χ3v) is 4.26. The molecule has 0 radical (unpaired) electrons. The van der Waals surface area contributed by atoms with Crippen molar-refractivity contribution in [3.05, 3.63) is 91.5 Å². The molecule has 0 saturated carbocycles. The Labute approximate surface area is 145 Å². The molecule has 126 valence electrons. The Morgan fingerprint density at radius 1 is 0.917 bits per heavy atom. The number of para-hydroxylation sites is 1. The highest BCUT2D eigenvalue weighted by molar-refractivity contribution is 5.45. The van der Waals surface area contributed by atoms with E-state index in [0.29, 0.717) is 19.3 Å². The third kappa shape index (κ3) is 5.39. The summed E-state index contributed by atoms with van der Waals surface area (Å²) in [6.07, 6.45) is 6.23. The van der Waals surface area contributed by atoms with Gasteiger partial charge in [-0.05, 0) is 43.4 Å². The molecule has 2 aromatic carbocycles. The maximum Gasteiger partial charge on any atom is 0.0717 e. The first-order valence-electron chi connectivity index (χ1n) is 8.47. The van der Waals surface area contributed by atoms with Crippen LogP contribution in [0.25, 0.3) is 0 Å². The van der Waals surface area contributed by atoms with Crippen LogP contribution in [0.15, 0.2) is 86.0 Å². The summed E-state index contributed by atoms with van der Waals surface area (Å²) >= 11 is 0. The smallest absolute Gasteiger partial charge is 0.0717 e. The fourth-order valence-corrected chi connectivity index (χ4v) is 2.98. The summed E-state index contributed by atoms with van der Waals surface area (Å²) in [4.78, 5) is 0. The summed E-state index contributed by atoms with van der Waals surface area (Å²) in [5.41, 5.74) is 1.54. The van der Waals surface area contributed by atoms with E-state index in [-0.39, 0.29) is 6.04 Å². The number of hydrogen-bond donors (Lipinski definition) is 2. The van der Waals surface area contributed by atoms with Gasteiger partial charge in [0.05, 0.1) is 11.6 Å². The van der Waals surface area contributed by atoms with Crippen molar-refractivity contribution in [3.63, 3.8) is 0 Å². The summed E-state index contributed by atoms with van der Waals surface area (Å²) < 4.78 is 0. The lowest BCUT2D eigenvalue weighted by atomic mass is 9.87. The second-order valence-corrected chi connectivity index (χ2v) is 6.22. The molecule has 0 bridgehead atoms. The fourth-order valence-electron chi connectivity index (χ4n) is 2.98. The second-order valence-electron chi connectivity index (χ2n) is 6.22. The quantitative estimate of drug-likeness (QED) is 0.566. The number of anilines is 1. The molecule has 2 aromatic rings. The van der Waals surface area contributed by atoms with Crippen LogP contribution in [0.3, 0.4) is 0 Å². The Morgan fingerprint density at radius 3 is 2.00 bits per heavy atom. The standard InChI is InChI=1S/C22H27NO/c1-3-16-22(24,17-4-2)18-15-21(19-11-7-5-8-12-19)23-20-13-9-6-10-14-20/h3-14,21,23-24H,1-2,15-18H2. The van der Waals surface area contributed by atoms with Crippen molar-refractivity contribution in [2.45, 2.75) is 37.3 Å². The van der Waals surface area contributed by atoms with Gasteiger partial charge in [0.15, 0.2) is 0 Å². The van der Waals surface area contributed by atoms with E-state index < -0.39 is 5.60 Å². The zero-order chi connectivity index (χ0) is 17.3. The lowest BCUT2D eigenvalue weighted by molar-refractivity contribution is 0.0341. The van der Waals surface area contributed by atoms with E-state index in [9.17, 15) is 5.11 Å². The van der Waals surface area contributed by atoms with E-state index >= 15 is 0 Å². The van der Waals surface area contributed by atoms with Gasteiger partial charge in [-0.25, -0.2) is 0 Å². The molecule has 24 heavy (non-hydrogen) atoms. The molecular formula is C22H27NO. The molecule has 0 aliphatic carbocycles.